The molecular weight excluding hydrogens is 420 g/mol. The highest BCUT2D eigenvalue weighted by atomic mass is 16.2. The molecule has 2 aromatic carbocycles. The molecule has 0 atom stereocenters. The highest BCUT2D eigenvalue weighted by Crippen LogP contribution is 2.30. The Hall–Kier alpha value is -3.17. The number of nitrogens with two attached hydrogens (primary N) is 1. The van der Waals surface area contributed by atoms with Gasteiger partial charge in [0.2, 0.25) is 0 Å². The van der Waals surface area contributed by atoms with Gasteiger partial charge in [0.15, 0.2) is 0 Å². The molecule has 9 heteroatoms. The summed E-state index contributed by atoms with van der Waals surface area (Å²) in [4.78, 5) is 44.6. The minimum Gasteiger partial charge on any atom is -0.351 e. The second kappa shape index (κ2) is 8.64. The van der Waals surface area contributed by atoms with Crippen LogP contribution in [0.2, 0.25) is 0 Å². The number of primary amides is 1. The second-order valence-electron chi connectivity index (χ2n) is 9.24. The molecule has 0 radical (unpaired) electrons. The average Bonchev–Trinajstić information content (AvgIpc) is 3.04. The number of carbonyl (C=O) groups is 3. The smallest absolute Gasteiger partial charge is 0.326 e. The monoisotopic (exact) mass is 450 g/mol. The fraction of sp³-hybridized carbons (Fsp3) is 0.458. The lowest BCUT2D eigenvalue weighted by molar-refractivity contribution is -0.134. The van der Waals surface area contributed by atoms with Gasteiger partial charge in [-0.05, 0) is 29.2 Å². The van der Waals surface area contributed by atoms with E-state index in [4.69, 9.17) is 5.73 Å². The molecule has 3 aliphatic heterocycles. The van der Waals surface area contributed by atoms with Crippen LogP contribution in [0.5, 0.6) is 0 Å². The Morgan fingerprint density at radius 3 is 2.30 bits per heavy atom. The summed E-state index contributed by atoms with van der Waals surface area (Å²) in [5.41, 5.74) is 5.76. The first-order valence-corrected chi connectivity index (χ1v) is 11.5. The van der Waals surface area contributed by atoms with E-state index in [9.17, 15) is 14.4 Å². The van der Waals surface area contributed by atoms with Gasteiger partial charge in [-0.25, -0.2) is 14.5 Å². The van der Waals surface area contributed by atoms with Crippen LogP contribution in [0, 0.1) is 0 Å². The maximum atomic E-state index is 13.1. The number of piperidine rings is 1. The fourth-order valence-corrected chi connectivity index (χ4v) is 5.21. The second-order valence-corrected chi connectivity index (χ2v) is 9.24. The first kappa shape index (κ1) is 21.7. The topological polar surface area (TPSA) is 102 Å². The van der Waals surface area contributed by atoms with Crippen LogP contribution in [0.4, 0.5) is 9.59 Å². The standard InChI is InChI=1S/C24H30N6O3/c25-22(32)29-10-8-24(9-11-29)21(31)30(23(33)26-24)17-28-14-12-27(13-15-28)16-19-6-3-5-18-4-1-2-7-20(18)19/h1-7H,8-17H2,(H2,25,32)(H,26,33). The number of carbonyl (C=O) groups excluding carboxylic acids is 3. The van der Waals surface area contributed by atoms with Crippen molar-refractivity contribution in [1.29, 1.82) is 0 Å². The van der Waals surface area contributed by atoms with Gasteiger partial charge in [0.25, 0.3) is 5.91 Å². The summed E-state index contributed by atoms with van der Waals surface area (Å²) in [5, 5.41) is 5.44. The lowest BCUT2D eigenvalue weighted by Gasteiger charge is -2.37. The predicted molar refractivity (Wildman–Crippen MR) is 124 cm³/mol. The summed E-state index contributed by atoms with van der Waals surface area (Å²) in [6.07, 6.45) is 0.797. The van der Waals surface area contributed by atoms with Crippen LogP contribution >= 0.6 is 0 Å². The van der Waals surface area contributed by atoms with E-state index in [-0.39, 0.29) is 11.9 Å². The van der Waals surface area contributed by atoms with Crippen molar-refractivity contribution in [2.75, 3.05) is 45.9 Å². The van der Waals surface area contributed by atoms with E-state index < -0.39 is 11.6 Å². The summed E-state index contributed by atoms with van der Waals surface area (Å²) in [6.45, 7) is 5.29. The number of nitrogens with zero attached hydrogens (tertiary/aromatic N) is 4. The Bertz CT molecular complexity index is 1070. The summed E-state index contributed by atoms with van der Waals surface area (Å²) >= 11 is 0. The van der Waals surface area contributed by atoms with Crippen molar-refractivity contribution in [3.05, 3.63) is 48.0 Å². The molecule has 0 unspecified atom stereocenters. The Morgan fingerprint density at radius 1 is 0.909 bits per heavy atom. The number of likely N-dealkylation sites (tertiary alicyclic amines) is 1. The van der Waals surface area contributed by atoms with Gasteiger partial charge in [-0.3, -0.25) is 14.6 Å². The molecule has 9 nitrogen and oxygen atoms in total. The van der Waals surface area contributed by atoms with E-state index in [0.29, 0.717) is 32.6 Å². The molecule has 3 N–H and O–H groups in total. The van der Waals surface area contributed by atoms with Gasteiger partial charge in [0.1, 0.15) is 5.54 Å². The van der Waals surface area contributed by atoms with Crippen LogP contribution in [0.3, 0.4) is 0 Å². The molecule has 1 spiro atoms. The highest BCUT2D eigenvalue weighted by molar-refractivity contribution is 6.07. The predicted octanol–water partition coefficient (Wildman–Crippen LogP) is 1.38. The quantitative estimate of drug-likeness (QED) is 0.686. The summed E-state index contributed by atoms with van der Waals surface area (Å²) in [7, 11) is 0. The number of fused-ring (bicyclic) bond motifs is 1. The number of benzene rings is 2. The van der Waals surface area contributed by atoms with Crippen LogP contribution in [0.25, 0.3) is 10.8 Å². The zero-order chi connectivity index (χ0) is 23.0. The Morgan fingerprint density at radius 2 is 1.58 bits per heavy atom. The molecule has 3 fully saturated rings. The van der Waals surface area contributed by atoms with Gasteiger partial charge in [-0.2, -0.15) is 0 Å². The number of nitrogens with one attached hydrogen (secondary N) is 1. The molecule has 33 heavy (non-hydrogen) atoms. The summed E-state index contributed by atoms with van der Waals surface area (Å²) in [6, 6.07) is 14.0. The number of amides is 5. The molecule has 0 saturated carbocycles. The molecule has 0 bridgehead atoms. The van der Waals surface area contributed by atoms with Crippen molar-refractivity contribution in [1.82, 2.24) is 24.9 Å². The zero-order valence-corrected chi connectivity index (χ0v) is 18.7. The molecule has 0 aromatic heterocycles. The molecule has 2 aromatic rings. The van der Waals surface area contributed by atoms with Gasteiger partial charge in [-0.15, -0.1) is 0 Å². The van der Waals surface area contributed by atoms with Crippen molar-refractivity contribution in [2.24, 2.45) is 5.73 Å². The third-order valence-electron chi connectivity index (χ3n) is 7.25. The third-order valence-corrected chi connectivity index (χ3v) is 7.25. The Kier molecular flexibility index (Phi) is 5.67. The minimum atomic E-state index is -0.904. The number of imide groups is 1. The van der Waals surface area contributed by atoms with E-state index in [1.165, 1.54) is 26.1 Å². The van der Waals surface area contributed by atoms with Crippen molar-refractivity contribution in [3.8, 4) is 0 Å². The SMILES string of the molecule is NC(=O)N1CCC2(CC1)NC(=O)N(CN1CCN(Cc3cccc4ccccc34)CC1)C2=O. The van der Waals surface area contributed by atoms with Gasteiger partial charge < -0.3 is 16.0 Å². The lowest BCUT2D eigenvalue weighted by atomic mass is 9.87. The first-order valence-electron chi connectivity index (χ1n) is 11.5. The van der Waals surface area contributed by atoms with Crippen molar-refractivity contribution >= 4 is 28.7 Å². The molecule has 0 aliphatic carbocycles. The van der Waals surface area contributed by atoms with Crippen LogP contribution in [-0.4, -0.2) is 89.0 Å². The fourth-order valence-electron chi connectivity index (χ4n) is 5.21. The highest BCUT2D eigenvalue weighted by Gasteiger charge is 2.52. The number of piperazine rings is 1. The van der Waals surface area contributed by atoms with Crippen molar-refractivity contribution < 1.29 is 14.4 Å². The largest absolute Gasteiger partial charge is 0.351 e. The van der Waals surface area contributed by atoms with E-state index in [1.54, 1.807) is 0 Å². The Balaban J connectivity index is 1.16. The van der Waals surface area contributed by atoms with Crippen molar-refractivity contribution in [2.45, 2.75) is 24.9 Å². The Labute approximate surface area is 193 Å². The van der Waals surface area contributed by atoms with Gasteiger partial charge >= 0.3 is 12.1 Å². The normalized spacial score (nSPS) is 21.7. The molecule has 3 heterocycles. The summed E-state index contributed by atoms with van der Waals surface area (Å²) in [5.74, 6) is -0.185. The van der Waals surface area contributed by atoms with E-state index in [1.807, 2.05) is 0 Å². The number of rotatable bonds is 4. The van der Waals surface area contributed by atoms with Crippen LogP contribution < -0.4 is 11.1 Å². The lowest BCUT2D eigenvalue weighted by Crippen LogP contribution is -2.57. The molecule has 3 aliphatic rings. The van der Waals surface area contributed by atoms with Crippen LogP contribution in [-0.2, 0) is 11.3 Å². The van der Waals surface area contributed by atoms with Gasteiger partial charge in [0, 0.05) is 45.8 Å². The number of hydrogen-bond donors (Lipinski definition) is 2. The molecule has 3 saturated heterocycles. The summed E-state index contributed by atoms with van der Waals surface area (Å²) < 4.78 is 0. The number of hydrogen-bond acceptors (Lipinski definition) is 5. The molecule has 5 rings (SSSR count). The maximum Gasteiger partial charge on any atom is 0.326 e. The van der Waals surface area contributed by atoms with Crippen molar-refractivity contribution in [3.63, 3.8) is 0 Å². The zero-order valence-electron chi connectivity index (χ0n) is 18.7. The maximum absolute atomic E-state index is 13.1. The minimum absolute atomic E-state index is 0.185. The molecular formula is C24H30N6O3. The first-order chi connectivity index (χ1) is 15.9. The van der Waals surface area contributed by atoms with Crippen LogP contribution in [0.15, 0.2) is 42.5 Å². The third kappa shape index (κ3) is 4.14. The average molecular weight is 451 g/mol. The van der Waals surface area contributed by atoms with E-state index >= 15 is 0 Å². The van der Waals surface area contributed by atoms with E-state index in [0.717, 1.165) is 32.7 Å². The van der Waals surface area contributed by atoms with Gasteiger partial charge in [-0.1, -0.05) is 42.5 Å². The van der Waals surface area contributed by atoms with Gasteiger partial charge in [0.05, 0.1) is 6.67 Å². The molecule has 5 amide bonds. The van der Waals surface area contributed by atoms with E-state index in [2.05, 4.69) is 57.6 Å². The van der Waals surface area contributed by atoms with Crippen LogP contribution in [0.1, 0.15) is 18.4 Å². The molecule has 174 valence electrons. The number of urea groups is 2.